The monoisotopic (exact) mass is 434 g/mol. The van der Waals surface area contributed by atoms with Crippen molar-refractivity contribution in [3.05, 3.63) is 114 Å². The first-order chi connectivity index (χ1) is 16.1. The fraction of sp³-hybridized carbons (Fsp3) is 0.0714. The van der Waals surface area contributed by atoms with E-state index in [2.05, 4.69) is 10.3 Å². The molecule has 0 fully saturated rings. The van der Waals surface area contributed by atoms with Crippen LogP contribution in [-0.4, -0.2) is 10.9 Å². The zero-order valence-electron chi connectivity index (χ0n) is 18.1. The molecule has 5 rings (SSSR count). The molecule has 1 N–H and O–H groups in total. The summed E-state index contributed by atoms with van der Waals surface area (Å²) in [7, 11) is 0. The topological polar surface area (TPSA) is 64.4 Å². The number of carbonyl (C=O) groups is 1. The standard InChI is InChI=1S/C28H22N2O3/c1-19-6-5-9-22(16-19)28-30-25-15-12-23(17-26(25)33-28)29-27(31)21-10-13-24(14-11-21)32-18-20-7-3-2-4-8-20/h2-17H,18H2,1H3,(H,29,31). The Morgan fingerprint density at radius 3 is 2.52 bits per heavy atom. The van der Waals surface area contributed by atoms with Gasteiger partial charge >= 0.3 is 0 Å². The normalized spacial score (nSPS) is 10.8. The van der Waals surface area contributed by atoms with Crippen molar-refractivity contribution in [3.8, 4) is 17.2 Å². The van der Waals surface area contributed by atoms with Crippen LogP contribution in [0.15, 0.2) is 101 Å². The number of benzene rings is 4. The minimum atomic E-state index is -0.206. The van der Waals surface area contributed by atoms with Crippen molar-refractivity contribution in [2.24, 2.45) is 0 Å². The second-order valence-corrected chi connectivity index (χ2v) is 7.82. The smallest absolute Gasteiger partial charge is 0.255 e. The molecular formula is C28H22N2O3. The Morgan fingerprint density at radius 2 is 1.73 bits per heavy atom. The number of oxazole rings is 1. The Labute approximate surface area is 191 Å². The van der Waals surface area contributed by atoms with Crippen molar-refractivity contribution in [2.45, 2.75) is 13.5 Å². The number of nitrogens with one attached hydrogen (secondary N) is 1. The second kappa shape index (κ2) is 9.01. The van der Waals surface area contributed by atoms with Crippen LogP contribution < -0.4 is 10.1 Å². The highest BCUT2D eigenvalue weighted by Crippen LogP contribution is 2.27. The van der Waals surface area contributed by atoms with Gasteiger partial charge in [0.15, 0.2) is 5.58 Å². The van der Waals surface area contributed by atoms with Crippen LogP contribution in [0.2, 0.25) is 0 Å². The lowest BCUT2D eigenvalue weighted by atomic mass is 10.1. The lowest BCUT2D eigenvalue weighted by Crippen LogP contribution is -2.11. The van der Waals surface area contributed by atoms with Gasteiger partial charge in [-0.1, -0.05) is 48.0 Å². The Bertz CT molecular complexity index is 1410. The van der Waals surface area contributed by atoms with E-state index in [1.54, 1.807) is 30.3 Å². The van der Waals surface area contributed by atoms with Crippen molar-refractivity contribution >= 4 is 22.7 Å². The van der Waals surface area contributed by atoms with Crippen LogP contribution in [-0.2, 0) is 6.61 Å². The van der Waals surface area contributed by atoms with E-state index < -0.39 is 0 Å². The van der Waals surface area contributed by atoms with Gasteiger partial charge in [-0.25, -0.2) is 4.98 Å². The maximum absolute atomic E-state index is 12.7. The first kappa shape index (κ1) is 20.5. The number of hydrogen-bond donors (Lipinski definition) is 1. The van der Waals surface area contributed by atoms with Gasteiger partial charge in [0.25, 0.3) is 5.91 Å². The number of anilines is 1. The summed E-state index contributed by atoms with van der Waals surface area (Å²) in [6.07, 6.45) is 0. The summed E-state index contributed by atoms with van der Waals surface area (Å²) in [5, 5.41) is 2.92. The minimum Gasteiger partial charge on any atom is -0.489 e. The molecule has 5 heteroatoms. The Balaban J connectivity index is 1.26. The van der Waals surface area contributed by atoms with Crippen LogP contribution in [0.1, 0.15) is 21.5 Å². The summed E-state index contributed by atoms with van der Waals surface area (Å²) in [6, 6.07) is 30.5. The first-order valence-electron chi connectivity index (χ1n) is 10.7. The maximum Gasteiger partial charge on any atom is 0.255 e. The fourth-order valence-electron chi connectivity index (χ4n) is 3.55. The van der Waals surface area contributed by atoms with E-state index in [9.17, 15) is 4.79 Å². The number of carbonyl (C=O) groups excluding carboxylic acids is 1. The van der Waals surface area contributed by atoms with Gasteiger partial charge in [0.2, 0.25) is 5.89 Å². The molecule has 1 amide bonds. The van der Waals surface area contributed by atoms with Gasteiger partial charge in [-0.2, -0.15) is 0 Å². The van der Waals surface area contributed by atoms with E-state index in [0.29, 0.717) is 35.1 Å². The summed E-state index contributed by atoms with van der Waals surface area (Å²) in [4.78, 5) is 17.3. The minimum absolute atomic E-state index is 0.206. The van der Waals surface area contributed by atoms with Crippen molar-refractivity contribution < 1.29 is 13.9 Å². The number of hydrogen-bond acceptors (Lipinski definition) is 4. The molecule has 0 saturated carbocycles. The zero-order valence-corrected chi connectivity index (χ0v) is 18.1. The number of aromatic nitrogens is 1. The molecule has 0 saturated heterocycles. The Kier molecular flexibility index (Phi) is 5.60. The number of fused-ring (bicyclic) bond motifs is 1. The highest BCUT2D eigenvalue weighted by Gasteiger charge is 2.11. The van der Waals surface area contributed by atoms with E-state index in [4.69, 9.17) is 9.15 Å². The lowest BCUT2D eigenvalue weighted by Gasteiger charge is -2.08. The van der Waals surface area contributed by atoms with Crippen molar-refractivity contribution in [3.63, 3.8) is 0 Å². The second-order valence-electron chi connectivity index (χ2n) is 7.82. The quantitative estimate of drug-likeness (QED) is 0.326. The highest BCUT2D eigenvalue weighted by atomic mass is 16.5. The molecule has 4 aromatic carbocycles. The first-order valence-corrected chi connectivity index (χ1v) is 10.7. The number of amides is 1. The summed E-state index contributed by atoms with van der Waals surface area (Å²) >= 11 is 0. The van der Waals surface area contributed by atoms with Gasteiger partial charge in [-0.15, -0.1) is 0 Å². The third-order valence-corrected chi connectivity index (χ3v) is 5.28. The predicted octanol–water partition coefficient (Wildman–Crippen LogP) is 6.63. The molecule has 5 aromatic rings. The van der Waals surface area contributed by atoms with E-state index >= 15 is 0 Å². The van der Waals surface area contributed by atoms with E-state index in [-0.39, 0.29) is 5.91 Å². The summed E-state index contributed by atoms with van der Waals surface area (Å²) < 4.78 is 11.7. The molecule has 0 radical (unpaired) electrons. The molecule has 0 unspecified atom stereocenters. The molecule has 0 aliphatic heterocycles. The fourth-order valence-corrected chi connectivity index (χ4v) is 3.55. The summed E-state index contributed by atoms with van der Waals surface area (Å²) in [5.74, 6) is 1.06. The number of nitrogens with zero attached hydrogens (tertiary/aromatic N) is 1. The van der Waals surface area contributed by atoms with E-state index in [0.717, 1.165) is 22.2 Å². The molecule has 162 valence electrons. The zero-order chi connectivity index (χ0) is 22.6. The molecule has 0 spiro atoms. The van der Waals surface area contributed by atoms with Crippen LogP contribution in [0.4, 0.5) is 5.69 Å². The summed E-state index contributed by atoms with van der Waals surface area (Å²) in [6.45, 7) is 2.51. The average Bonchev–Trinajstić information content (AvgIpc) is 3.27. The molecule has 0 aliphatic carbocycles. The molecule has 33 heavy (non-hydrogen) atoms. The van der Waals surface area contributed by atoms with Gasteiger partial charge in [-0.05, 0) is 61.0 Å². The van der Waals surface area contributed by atoms with Gasteiger partial charge in [0.05, 0.1) is 0 Å². The average molecular weight is 434 g/mol. The van der Waals surface area contributed by atoms with Gasteiger partial charge < -0.3 is 14.5 Å². The Morgan fingerprint density at radius 1 is 0.909 bits per heavy atom. The molecule has 1 aromatic heterocycles. The third-order valence-electron chi connectivity index (χ3n) is 5.28. The van der Waals surface area contributed by atoms with Crippen LogP contribution in [0.5, 0.6) is 5.75 Å². The van der Waals surface area contributed by atoms with Gasteiger partial charge in [0.1, 0.15) is 17.9 Å². The number of ether oxygens (including phenoxy) is 1. The molecule has 0 bridgehead atoms. The van der Waals surface area contributed by atoms with E-state index in [1.165, 1.54) is 0 Å². The predicted molar refractivity (Wildman–Crippen MR) is 129 cm³/mol. The summed E-state index contributed by atoms with van der Waals surface area (Å²) in [5.41, 5.74) is 5.70. The molecular weight excluding hydrogens is 412 g/mol. The van der Waals surface area contributed by atoms with Gasteiger partial charge in [0, 0.05) is 22.9 Å². The molecule has 0 atom stereocenters. The SMILES string of the molecule is Cc1cccc(-c2nc3ccc(NC(=O)c4ccc(OCc5ccccc5)cc4)cc3o2)c1. The number of aryl methyl sites for hydroxylation is 1. The van der Waals surface area contributed by atoms with Crippen LogP contribution in [0, 0.1) is 6.92 Å². The van der Waals surface area contributed by atoms with Crippen molar-refractivity contribution in [2.75, 3.05) is 5.32 Å². The molecule has 0 aliphatic rings. The van der Waals surface area contributed by atoms with Crippen LogP contribution in [0.25, 0.3) is 22.6 Å². The van der Waals surface area contributed by atoms with Gasteiger partial charge in [-0.3, -0.25) is 4.79 Å². The largest absolute Gasteiger partial charge is 0.489 e. The molecule has 1 heterocycles. The Hall–Kier alpha value is -4.38. The number of rotatable bonds is 6. The van der Waals surface area contributed by atoms with Crippen LogP contribution >= 0.6 is 0 Å². The highest BCUT2D eigenvalue weighted by molar-refractivity contribution is 6.05. The van der Waals surface area contributed by atoms with E-state index in [1.807, 2.05) is 73.7 Å². The maximum atomic E-state index is 12.7. The van der Waals surface area contributed by atoms with Crippen LogP contribution in [0.3, 0.4) is 0 Å². The lowest BCUT2D eigenvalue weighted by molar-refractivity contribution is 0.102. The van der Waals surface area contributed by atoms with Crippen molar-refractivity contribution in [1.82, 2.24) is 4.98 Å². The van der Waals surface area contributed by atoms with Crippen molar-refractivity contribution in [1.29, 1.82) is 0 Å². The molecule has 5 nitrogen and oxygen atoms in total. The third kappa shape index (κ3) is 4.77.